The summed E-state index contributed by atoms with van der Waals surface area (Å²) in [5, 5.41) is 21.3. The van der Waals surface area contributed by atoms with Crippen molar-refractivity contribution < 1.29 is 5.11 Å². The number of rotatable bonds is 4. The smallest absolute Gasteiger partial charge is 0.101 e. The molecule has 1 aromatic carbocycles. The molecule has 96 valence electrons. The molecule has 2 rings (SSSR count). The maximum atomic E-state index is 9.13. The zero-order valence-corrected chi connectivity index (χ0v) is 10.5. The van der Waals surface area contributed by atoms with E-state index in [4.69, 9.17) is 10.4 Å². The van der Waals surface area contributed by atoms with Gasteiger partial charge in [-0.15, -0.1) is 0 Å². The highest BCUT2D eigenvalue weighted by atomic mass is 16.3. The zero-order chi connectivity index (χ0) is 12.8. The van der Waals surface area contributed by atoms with Crippen LogP contribution in [0.5, 0.6) is 0 Å². The summed E-state index contributed by atoms with van der Waals surface area (Å²) in [6, 6.07) is 10.4. The molecule has 1 atom stereocenters. The molecule has 0 amide bonds. The van der Waals surface area contributed by atoms with Gasteiger partial charge in [0.15, 0.2) is 0 Å². The molecule has 1 aromatic rings. The van der Waals surface area contributed by atoms with Gasteiger partial charge in [0.05, 0.1) is 17.9 Å². The minimum atomic E-state index is 0.172. The minimum Gasteiger partial charge on any atom is -0.395 e. The van der Waals surface area contributed by atoms with Crippen molar-refractivity contribution in [2.45, 2.75) is 18.9 Å². The fraction of sp³-hybridized carbons (Fsp3) is 0.500. The van der Waals surface area contributed by atoms with E-state index in [1.54, 1.807) is 0 Å². The Morgan fingerprint density at radius 2 is 2.28 bits per heavy atom. The molecule has 18 heavy (non-hydrogen) atoms. The quantitative estimate of drug-likeness (QED) is 0.834. The fourth-order valence-electron chi connectivity index (χ4n) is 2.48. The Labute approximate surface area is 108 Å². The number of nitriles is 1. The summed E-state index contributed by atoms with van der Waals surface area (Å²) < 4.78 is 0. The number of benzene rings is 1. The van der Waals surface area contributed by atoms with Crippen LogP contribution in [0.2, 0.25) is 0 Å². The van der Waals surface area contributed by atoms with Gasteiger partial charge in [-0.3, -0.25) is 0 Å². The van der Waals surface area contributed by atoms with Crippen LogP contribution in [0.25, 0.3) is 0 Å². The van der Waals surface area contributed by atoms with Gasteiger partial charge in [-0.25, -0.2) is 0 Å². The number of nitrogens with one attached hydrogen (secondary N) is 1. The van der Waals surface area contributed by atoms with Crippen molar-refractivity contribution in [1.29, 1.82) is 5.26 Å². The number of aliphatic hydroxyl groups is 1. The molecule has 1 unspecified atom stereocenters. The Kier molecular flexibility index (Phi) is 4.57. The lowest BCUT2D eigenvalue weighted by atomic mass is 10.0. The van der Waals surface area contributed by atoms with Gasteiger partial charge in [-0.2, -0.15) is 5.26 Å². The van der Waals surface area contributed by atoms with Crippen LogP contribution in [0.4, 0.5) is 5.69 Å². The van der Waals surface area contributed by atoms with Crippen molar-refractivity contribution in [3.8, 4) is 6.07 Å². The van der Waals surface area contributed by atoms with Crippen LogP contribution in [0.15, 0.2) is 24.3 Å². The van der Waals surface area contributed by atoms with E-state index in [0.29, 0.717) is 12.6 Å². The molecule has 0 spiro atoms. The van der Waals surface area contributed by atoms with Crippen molar-refractivity contribution in [1.82, 2.24) is 5.32 Å². The van der Waals surface area contributed by atoms with Crippen LogP contribution < -0.4 is 10.2 Å². The summed E-state index contributed by atoms with van der Waals surface area (Å²) in [7, 11) is 0. The van der Waals surface area contributed by atoms with Gasteiger partial charge < -0.3 is 15.3 Å². The average Bonchev–Trinajstić information content (AvgIpc) is 2.45. The molecule has 1 aliphatic heterocycles. The lowest BCUT2D eigenvalue weighted by Crippen LogP contribution is -2.46. The standard InChI is InChI=1S/C14H19N3O/c15-10-12-4-1-2-6-14(12)17-8-3-5-13(11-17)16-7-9-18/h1-2,4,6,13,16,18H,3,5,7-9,11H2. The summed E-state index contributed by atoms with van der Waals surface area (Å²) in [4.78, 5) is 2.26. The molecule has 0 radical (unpaired) electrons. The Balaban J connectivity index is 2.06. The Morgan fingerprint density at radius 1 is 1.44 bits per heavy atom. The SMILES string of the molecule is N#Cc1ccccc1N1CCCC(NCCO)C1. The van der Waals surface area contributed by atoms with E-state index in [1.807, 2.05) is 24.3 Å². The summed E-state index contributed by atoms with van der Waals surface area (Å²) in [6.07, 6.45) is 2.24. The van der Waals surface area contributed by atoms with Crippen molar-refractivity contribution in [3.05, 3.63) is 29.8 Å². The molecule has 2 N–H and O–H groups in total. The van der Waals surface area contributed by atoms with Crippen molar-refractivity contribution in [3.63, 3.8) is 0 Å². The van der Waals surface area contributed by atoms with Gasteiger partial charge in [0.1, 0.15) is 6.07 Å². The molecule has 0 bridgehead atoms. The Morgan fingerprint density at radius 3 is 3.06 bits per heavy atom. The molecule has 1 heterocycles. The number of aliphatic hydroxyl groups excluding tert-OH is 1. The molecule has 4 nitrogen and oxygen atoms in total. The molecular formula is C14H19N3O. The van der Waals surface area contributed by atoms with Gasteiger partial charge in [0, 0.05) is 25.7 Å². The predicted molar refractivity (Wildman–Crippen MR) is 71.5 cm³/mol. The summed E-state index contributed by atoms with van der Waals surface area (Å²) in [5.74, 6) is 0. The normalized spacial score (nSPS) is 19.6. The Bertz CT molecular complexity index is 427. The highest BCUT2D eigenvalue weighted by Crippen LogP contribution is 2.23. The first-order valence-electron chi connectivity index (χ1n) is 6.43. The minimum absolute atomic E-state index is 0.172. The Hall–Kier alpha value is -1.57. The number of piperidine rings is 1. The van der Waals surface area contributed by atoms with Crippen LogP contribution in [0, 0.1) is 11.3 Å². The zero-order valence-electron chi connectivity index (χ0n) is 10.5. The van der Waals surface area contributed by atoms with Crippen molar-refractivity contribution in [2.75, 3.05) is 31.1 Å². The second-order valence-corrected chi connectivity index (χ2v) is 4.59. The lowest BCUT2D eigenvalue weighted by Gasteiger charge is -2.35. The molecule has 1 aliphatic rings. The van der Waals surface area contributed by atoms with Gasteiger partial charge in [-0.1, -0.05) is 12.1 Å². The topological polar surface area (TPSA) is 59.3 Å². The van der Waals surface area contributed by atoms with Crippen LogP contribution in [0.1, 0.15) is 18.4 Å². The van der Waals surface area contributed by atoms with Crippen LogP contribution in [0.3, 0.4) is 0 Å². The third kappa shape index (κ3) is 3.00. The highest BCUT2D eigenvalue weighted by Gasteiger charge is 2.20. The van der Waals surface area contributed by atoms with Crippen molar-refractivity contribution >= 4 is 5.69 Å². The van der Waals surface area contributed by atoms with E-state index in [-0.39, 0.29) is 6.61 Å². The van der Waals surface area contributed by atoms with E-state index in [9.17, 15) is 0 Å². The molecule has 4 heteroatoms. The van der Waals surface area contributed by atoms with Crippen molar-refractivity contribution in [2.24, 2.45) is 0 Å². The monoisotopic (exact) mass is 245 g/mol. The summed E-state index contributed by atoms with van der Waals surface area (Å²) in [5.41, 5.74) is 1.76. The number of hydrogen-bond acceptors (Lipinski definition) is 4. The highest BCUT2D eigenvalue weighted by molar-refractivity contribution is 5.59. The molecule has 0 aromatic heterocycles. The van der Waals surface area contributed by atoms with E-state index in [0.717, 1.165) is 37.2 Å². The van der Waals surface area contributed by atoms with Crippen LogP contribution >= 0.6 is 0 Å². The average molecular weight is 245 g/mol. The predicted octanol–water partition coefficient (Wildman–Crippen LogP) is 1.11. The molecule has 1 fully saturated rings. The van der Waals surface area contributed by atoms with E-state index in [1.165, 1.54) is 0 Å². The third-order valence-electron chi connectivity index (χ3n) is 3.33. The second-order valence-electron chi connectivity index (χ2n) is 4.59. The number of para-hydroxylation sites is 1. The largest absolute Gasteiger partial charge is 0.395 e. The lowest BCUT2D eigenvalue weighted by molar-refractivity contribution is 0.278. The molecular weight excluding hydrogens is 226 g/mol. The molecule has 1 saturated heterocycles. The first kappa shape index (κ1) is 12.9. The third-order valence-corrected chi connectivity index (χ3v) is 3.33. The maximum Gasteiger partial charge on any atom is 0.101 e. The van der Waals surface area contributed by atoms with E-state index < -0.39 is 0 Å². The van der Waals surface area contributed by atoms with E-state index in [2.05, 4.69) is 16.3 Å². The van der Waals surface area contributed by atoms with Gasteiger partial charge in [0.2, 0.25) is 0 Å². The van der Waals surface area contributed by atoms with Gasteiger partial charge >= 0.3 is 0 Å². The van der Waals surface area contributed by atoms with E-state index >= 15 is 0 Å². The maximum absolute atomic E-state index is 9.13. The molecule has 0 saturated carbocycles. The summed E-state index contributed by atoms with van der Waals surface area (Å²) in [6.45, 7) is 2.71. The molecule has 0 aliphatic carbocycles. The number of nitrogens with zero attached hydrogens (tertiary/aromatic N) is 2. The number of hydrogen-bond donors (Lipinski definition) is 2. The van der Waals surface area contributed by atoms with Crippen LogP contribution in [-0.4, -0.2) is 37.4 Å². The van der Waals surface area contributed by atoms with Gasteiger partial charge in [-0.05, 0) is 25.0 Å². The summed E-state index contributed by atoms with van der Waals surface area (Å²) >= 11 is 0. The second kappa shape index (κ2) is 6.39. The van der Waals surface area contributed by atoms with Gasteiger partial charge in [0.25, 0.3) is 0 Å². The first-order chi connectivity index (χ1) is 8.85. The first-order valence-corrected chi connectivity index (χ1v) is 6.43. The van der Waals surface area contributed by atoms with Crippen LogP contribution in [-0.2, 0) is 0 Å². The number of anilines is 1. The fourth-order valence-corrected chi connectivity index (χ4v) is 2.48.